The second-order valence-electron chi connectivity index (χ2n) is 15.9. The first-order valence-corrected chi connectivity index (χ1v) is 22.2. The molecule has 0 spiro atoms. The summed E-state index contributed by atoms with van der Waals surface area (Å²) < 4.78 is 80.0. The van der Waals surface area contributed by atoms with Crippen LogP contribution < -0.4 is 42.6 Å². The molecule has 0 amide bonds. The fourth-order valence-electron chi connectivity index (χ4n) is 6.82. The van der Waals surface area contributed by atoms with E-state index < -0.39 is 189 Å². The molecular weight excluding hydrogens is 1050 g/mol. The summed E-state index contributed by atoms with van der Waals surface area (Å²) >= 11 is 0. The summed E-state index contributed by atoms with van der Waals surface area (Å²) in [7, 11) is 0. The van der Waals surface area contributed by atoms with Crippen molar-refractivity contribution in [3.63, 3.8) is 0 Å². The maximum atomic E-state index is 14.3. The minimum absolute atomic E-state index is 0.575. The minimum Gasteiger partial charge on any atom is -0.459 e. The third-order valence-electron chi connectivity index (χ3n) is 9.19. The van der Waals surface area contributed by atoms with Crippen LogP contribution >= 0.6 is 0 Å². The van der Waals surface area contributed by atoms with Crippen LogP contribution in [0.15, 0.2) is 36.4 Å². The van der Waals surface area contributed by atoms with Gasteiger partial charge in [0.25, 0.3) is 6.29 Å². The molecule has 416 valence electrons. The van der Waals surface area contributed by atoms with E-state index in [-0.39, 0.29) is 0 Å². The first-order chi connectivity index (χ1) is 36.4. The monoisotopic (exact) mass is 1100 g/mol. The molecule has 4 rings (SSSR count). The molecule has 0 aromatic heterocycles. The lowest BCUT2D eigenvalue weighted by Gasteiger charge is -2.35. The SMILES string of the molecule is CC(=O)Oc1cc(C(=O)OCC2OC(OC(=O)c3cc(OC(C)=O)c(OC(C)=O)c(OC(C)=O)c3)C(COC(=O)c3cc(OC(C)=O)c(OC(C)=O)c(OC(C)=O)c3)(OC(C)=O)C2OC(C)=O)cc(OC(C)=O)c1OC(C)=O. The maximum Gasteiger partial charge on any atom is 0.340 e. The van der Waals surface area contributed by atoms with E-state index in [0.29, 0.717) is 0 Å². The summed E-state index contributed by atoms with van der Waals surface area (Å²) in [6, 6.07) is 4.79. The van der Waals surface area contributed by atoms with Gasteiger partial charge in [0.2, 0.25) is 22.8 Å². The van der Waals surface area contributed by atoms with E-state index in [1.54, 1.807) is 0 Å². The summed E-state index contributed by atoms with van der Waals surface area (Å²) in [6.45, 7) is 7.49. The van der Waals surface area contributed by atoms with Gasteiger partial charge in [-0.2, -0.15) is 0 Å². The number of hydrogen-bond donors (Lipinski definition) is 0. The van der Waals surface area contributed by atoms with Crippen LogP contribution in [-0.4, -0.2) is 121 Å². The van der Waals surface area contributed by atoms with Gasteiger partial charge in [-0.1, -0.05) is 0 Å². The van der Waals surface area contributed by atoms with Crippen molar-refractivity contribution in [2.24, 2.45) is 0 Å². The average Bonchev–Trinajstić information content (AvgIpc) is 3.61. The van der Waals surface area contributed by atoms with Gasteiger partial charge in [0, 0.05) is 76.2 Å². The van der Waals surface area contributed by atoms with Gasteiger partial charge in [-0.15, -0.1) is 0 Å². The fraction of sp³-hybridized carbons (Fsp3) is 0.347. The first kappa shape index (κ1) is 60.8. The topological polar surface area (TPSA) is 377 Å². The fourth-order valence-corrected chi connectivity index (χ4v) is 6.82. The minimum atomic E-state index is -2.92. The second-order valence-corrected chi connectivity index (χ2v) is 15.9. The highest BCUT2D eigenvalue weighted by molar-refractivity contribution is 5.95. The van der Waals surface area contributed by atoms with Crippen LogP contribution in [-0.2, 0) is 81.2 Å². The molecule has 29 nitrogen and oxygen atoms in total. The molecule has 3 aromatic rings. The van der Waals surface area contributed by atoms with Crippen molar-refractivity contribution in [1.82, 2.24) is 0 Å². The summed E-state index contributed by atoms with van der Waals surface area (Å²) in [5.74, 6) is -22.1. The number of esters is 14. The molecule has 0 aliphatic carbocycles. The van der Waals surface area contributed by atoms with E-state index in [1.807, 2.05) is 0 Å². The lowest BCUT2D eigenvalue weighted by molar-refractivity contribution is -0.219. The molecule has 0 bridgehead atoms. The predicted molar refractivity (Wildman–Crippen MR) is 246 cm³/mol. The van der Waals surface area contributed by atoms with Gasteiger partial charge in [-0.25, -0.2) is 14.4 Å². The maximum absolute atomic E-state index is 14.3. The van der Waals surface area contributed by atoms with E-state index in [1.165, 1.54) is 0 Å². The summed E-state index contributed by atoms with van der Waals surface area (Å²) in [5, 5.41) is 0. The number of carbonyl (C=O) groups is 14. The highest BCUT2D eigenvalue weighted by atomic mass is 16.8. The predicted octanol–water partition coefficient (Wildman–Crippen LogP) is 2.84. The molecule has 78 heavy (non-hydrogen) atoms. The molecule has 0 saturated carbocycles. The lowest BCUT2D eigenvalue weighted by atomic mass is 9.95. The van der Waals surface area contributed by atoms with Gasteiger partial charge >= 0.3 is 83.6 Å². The van der Waals surface area contributed by atoms with Crippen LogP contribution in [0, 0.1) is 0 Å². The highest BCUT2D eigenvalue weighted by Gasteiger charge is 2.65. The average molecular weight is 1100 g/mol. The molecule has 1 heterocycles. The summed E-state index contributed by atoms with van der Waals surface area (Å²) in [6.07, 6.45) is -6.63. The Labute approximate surface area is 439 Å². The third kappa shape index (κ3) is 16.6. The molecule has 1 saturated heterocycles. The number of hydrogen-bond acceptors (Lipinski definition) is 29. The Morgan fingerprint density at radius 3 is 0.949 bits per heavy atom. The molecule has 0 radical (unpaired) electrons. The molecule has 1 aliphatic heterocycles. The molecule has 0 N–H and O–H groups in total. The van der Waals surface area contributed by atoms with Crippen molar-refractivity contribution < 1.29 is 138 Å². The standard InChI is InChI=1S/C49H46O29/c1-20(50)66-34-12-31(13-35(67-21(2)51)41(34)72-26(7)56)45(61)64-18-40-44(75-29(10)59)49(78-30(11)60,19-65-46(62)32-14-36(68-22(3)52)42(73-27(8)57)37(15-32)69-23(4)53)48(76-40)77-47(63)33-16-38(70-24(5)54)43(74-28(9)58)39(17-33)71-25(6)55/h12-17,40,44,48H,18-19H2,1-11H3. The second kappa shape index (κ2) is 26.1. The quantitative estimate of drug-likeness (QED) is 0.0946. The number of benzene rings is 3. The Morgan fingerprint density at radius 1 is 0.372 bits per heavy atom. The van der Waals surface area contributed by atoms with Gasteiger partial charge in [0.15, 0.2) is 40.6 Å². The van der Waals surface area contributed by atoms with Gasteiger partial charge in [0.05, 0.1) is 16.7 Å². The Bertz CT molecular complexity index is 2890. The van der Waals surface area contributed by atoms with Crippen molar-refractivity contribution in [1.29, 1.82) is 0 Å². The highest BCUT2D eigenvalue weighted by Crippen LogP contribution is 2.44. The summed E-state index contributed by atoms with van der Waals surface area (Å²) in [4.78, 5) is 177. The van der Waals surface area contributed by atoms with Crippen LogP contribution in [0.2, 0.25) is 0 Å². The van der Waals surface area contributed by atoms with E-state index in [2.05, 4.69) is 0 Å². The van der Waals surface area contributed by atoms with Crippen LogP contribution in [0.1, 0.15) is 107 Å². The molecular formula is C49H46O29. The zero-order chi connectivity index (χ0) is 58.5. The normalized spacial score (nSPS) is 16.1. The van der Waals surface area contributed by atoms with E-state index in [9.17, 15) is 67.1 Å². The van der Waals surface area contributed by atoms with Crippen molar-refractivity contribution in [3.05, 3.63) is 53.1 Å². The lowest BCUT2D eigenvalue weighted by Crippen LogP contribution is -2.58. The van der Waals surface area contributed by atoms with Gasteiger partial charge in [0.1, 0.15) is 19.3 Å². The number of carbonyl (C=O) groups excluding carboxylic acids is 14. The zero-order valence-corrected chi connectivity index (χ0v) is 42.9. The van der Waals surface area contributed by atoms with Crippen LogP contribution in [0.4, 0.5) is 0 Å². The van der Waals surface area contributed by atoms with Crippen LogP contribution in [0.3, 0.4) is 0 Å². The smallest absolute Gasteiger partial charge is 0.340 e. The largest absolute Gasteiger partial charge is 0.459 e. The van der Waals surface area contributed by atoms with Crippen molar-refractivity contribution in [2.45, 2.75) is 100 Å². The first-order valence-electron chi connectivity index (χ1n) is 22.2. The number of rotatable bonds is 19. The van der Waals surface area contributed by atoms with E-state index >= 15 is 0 Å². The number of ether oxygens (including phenoxy) is 15. The van der Waals surface area contributed by atoms with Crippen molar-refractivity contribution in [2.75, 3.05) is 13.2 Å². The molecule has 1 aliphatic rings. The summed E-state index contributed by atoms with van der Waals surface area (Å²) in [5.41, 5.74) is -4.85. The zero-order valence-electron chi connectivity index (χ0n) is 42.9. The van der Waals surface area contributed by atoms with Gasteiger partial charge in [-0.05, 0) is 36.4 Å². The van der Waals surface area contributed by atoms with E-state index in [4.69, 9.17) is 71.1 Å². The van der Waals surface area contributed by atoms with Crippen LogP contribution in [0.25, 0.3) is 0 Å². The van der Waals surface area contributed by atoms with Crippen LogP contribution in [0.5, 0.6) is 51.7 Å². The Morgan fingerprint density at radius 2 is 0.667 bits per heavy atom. The van der Waals surface area contributed by atoms with E-state index in [0.717, 1.165) is 113 Å². The molecule has 1 fully saturated rings. The Kier molecular flexibility index (Phi) is 20.3. The van der Waals surface area contributed by atoms with Gasteiger partial charge in [-0.3, -0.25) is 52.7 Å². The molecule has 3 aromatic carbocycles. The molecule has 4 atom stereocenters. The molecule has 29 heteroatoms. The molecule has 4 unspecified atom stereocenters. The van der Waals surface area contributed by atoms with Crippen molar-refractivity contribution >= 4 is 83.6 Å². The van der Waals surface area contributed by atoms with Crippen molar-refractivity contribution in [3.8, 4) is 51.7 Å². The Balaban J connectivity index is 1.95. The Hall–Kier alpha value is -9.80. The van der Waals surface area contributed by atoms with Gasteiger partial charge < -0.3 is 71.1 Å². The third-order valence-corrected chi connectivity index (χ3v) is 9.19.